The quantitative estimate of drug-likeness (QED) is 0.832. The summed E-state index contributed by atoms with van der Waals surface area (Å²) in [5, 5.41) is 7.93. The highest BCUT2D eigenvalue weighted by Gasteiger charge is 2.18. The van der Waals surface area contributed by atoms with Gasteiger partial charge in [0.2, 0.25) is 0 Å². The summed E-state index contributed by atoms with van der Waals surface area (Å²) in [4.78, 5) is 2.37. The summed E-state index contributed by atoms with van der Waals surface area (Å²) in [6, 6.07) is 1.10. The molecule has 16 heavy (non-hydrogen) atoms. The van der Waals surface area contributed by atoms with Gasteiger partial charge in [-0.1, -0.05) is 0 Å². The SMILES string of the molecule is CC(C)n1cc(CNC2CCN(C)C2)cn1. The summed E-state index contributed by atoms with van der Waals surface area (Å²) in [5.41, 5.74) is 1.28. The molecule has 1 aliphatic rings. The van der Waals surface area contributed by atoms with Crippen LogP contribution in [0.1, 0.15) is 31.9 Å². The second kappa shape index (κ2) is 4.97. The number of rotatable bonds is 4. The minimum atomic E-state index is 0.450. The zero-order chi connectivity index (χ0) is 11.5. The first kappa shape index (κ1) is 11.6. The Labute approximate surface area is 97.6 Å². The molecule has 1 aliphatic heterocycles. The van der Waals surface area contributed by atoms with Gasteiger partial charge in [-0.25, -0.2) is 0 Å². The van der Waals surface area contributed by atoms with Crippen LogP contribution in [0.5, 0.6) is 0 Å². The van der Waals surface area contributed by atoms with E-state index in [1.165, 1.54) is 18.5 Å². The third kappa shape index (κ3) is 2.83. The van der Waals surface area contributed by atoms with Crippen molar-refractivity contribution < 1.29 is 0 Å². The Morgan fingerprint density at radius 3 is 2.94 bits per heavy atom. The summed E-state index contributed by atoms with van der Waals surface area (Å²) in [7, 11) is 2.18. The number of aromatic nitrogens is 2. The topological polar surface area (TPSA) is 33.1 Å². The second-order valence-corrected chi connectivity index (χ2v) is 5.05. The zero-order valence-electron chi connectivity index (χ0n) is 10.5. The van der Waals surface area contributed by atoms with Crippen LogP contribution in [0.4, 0.5) is 0 Å². The molecule has 4 heteroatoms. The molecule has 0 aromatic carbocycles. The standard InChI is InChI=1S/C12H22N4/c1-10(2)16-8-11(7-14-16)6-13-12-4-5-15(3)9-12/h7-8,10,12-13H,4-6,9H2,1-3H3. The lowest BCUT2D eigenvalue weighted by Gasteiger charge is -2.11. The molecule has 2 heterocycles. The van der Waals surface area contributed by atoms with Gasteiger partial charge < -0.3 is 10.2 Å². The molecule has 1 atom stereocenters. The van der Waals surface area contributed by atoms with Crippen LogP contribution in [0.3, 0.4) is 0 Å². The van der Waals surface area contributed by atoms with Gasteiger partial charge in [0.1, 0.15) is 0 Å². The van der Waals surface area contributed by atoms with Crippen molar-refractivity contribution in [3.63, 3.8) is 0 Å². The Morgan fingerprint density at radius 2 is 2.38 bits per heavy atom. The smallest absolute Gasteiger partial charge is 0.0534 e. The Kier molecular flexibility index (Phi) is 3.61. The van der Waals surface area contributed by atoms with Gasteiger partial charge in [0.15, 0.2) is 0 Å². The van der Waals surface area contributed by atoms with Crippen LogP contribution in [0.2, 0.25) is 0 Å². The summed E-state index contributed by atoms with van der Waals surface area (Å²) in [6.07, 6.45) is 5.36. The van der Waals surface area contributed by atoms with Gasteiger partial charge in [-0.05, 0) is 33.9 Å². The molecule has 0 radical (unpaired) electrons. The summed E-state index contributed by atoms with van der Waals surface area (Å²) >= 11 is 0. The van der Waals surface area contributed by atoms with Gasteiger partial charge in [-0.15, -0.1) is 0 Å². The van der Waals surface area contributed by atoms with Crippen molar-refractivity contribution in [1.82, 2.24) is 20.0 Å². The van der Waals surface area contributed by atoms with Crippen molar-refractivity contribution in [2.45, 2.75) is 38.9 Å². The van der Waals surface area contributed by atoms with Crippen LogP contribution >= 0.6 is 0 Å². The highest BCUT2D eigenvalue weighted by atomic mass is 15.3. The maximum Gasteiger partial charge on any atom is 0.0534 e. The van der Waals surface area contributed by atoms with E-state index in [1.807, 2.05) is 10.9 Å². The molecular weight excluding hydrogens is 200 g/mol. The van der Waals surface area contributed by atoms with Crippen molar-refractivity contribution in [2.75, 3.05) is 20.1 Å². The van der Waals surface area contributed by atoms with Gasteiger partial charge in [-0.2, -0.15) is 5.10 Å². The lowest BCUT2D eigenvalue weighted by atomic mass is 10.2. The molecule has 0 aliphatic carbocycles. The molecule has 1 aromatic rings. The van der Waals surface area contributed by atoms with Crippen molar-refractivity contribution in [2.24, 2.45) is 0 Å². The minimum absolute atomic E-state index is 0.450. The molecule has 1 fully saturated rings. The molecule has 1 unspecified atom stereocenters. The average molecular weight is 222 g/mol. The van der Waals surface area contributed by atoms with Crippen molar-refractivity contribution in [1.29, 1.82) is 0 Å². The van der Waals surface area contributed by atoms with E-state index in [-0.39, 0.29) is 0 Å². The number of likely N-dealkylation sites (tertiary alicyclic amines) is 1. The summed E-state index contributed by atoms with van der Waals surface area (Å²) in [6.45, 7) is 7.61. The average Bonchev–Trinajstić information content (AvgIpc) is 2.83. The largest absolute Gasteiger partial charge is 0.308 e. The third-order valence-corrected chi connectivity index (χ3v) is 3.17. The minimum Gasteiger partial charge on any atom is -0.308 e. The second-order valence-electron chi connectivity index (χ2n) is 5.05. The molecule has 4 nitrogen and oxygen atoms in total. The molecule has 1 N–H and O–H groups in total. The highest BCUT2D eigenvalue weighted by Crippen LogP contribution is 2.09. The maximum atomic E-state index is 4.34. The van der Waals surface area contributed by atoms with Gasteiger partial charge in [0, 0.05) is 36.9 Å². The lowest BCUT2D eigenvalue weighted by molar-refractivity contribution is 0.397. The summed E-state index contributed by atoms with van der Waals surface area (Å²) < 4.78 is 2.01. The fraction of sp³-hybridized carbons (Fsp3) is 0.750. The van der Waals surface area contributed by atoms with Crippen LogP contribution in [0.15, 0.2) is 12.4 Å². The number of nitrogens with zero attached hydrogens (tertiary/aromatic N) is 3. The van der Waals surface area contributed by atoms with Crippen molar-refractivity contribution >= 4 is 0 Å². The molecule has 0 saturated carbocycles. The number of hydrogen-bond donors (Lipinski definition) is 1. The normalized spacial score (nSPS) is 22.1. The Morgan fingerprint density at radius 1 is 1.56 bits per heavy atom. The highest BCUT2D eigenvalue weighted by molar-refractivity contribution is 5.04. The van der Waals surface area contributed by atoms with Crippen molar-refractivity contribution in [3.05, 3.63) is 18.0 Å². The Balaban J connectivity index is 1.80. The van der Waals surface area contributed by atoms with E-state index < -0.39 is 0 Å². The maximum absolute atomic E-state index is 4.34. The van der Waals surface area contributed by atoms with Crippen LogP contribution in [-0.2, 0) is 6.54 Å². The molecule has 90 valence electrons. The van der Waals surface area contributed by atoms with E-state index >= 15 is 0 Å². The predicted molar refractivity (Wildman–Crippen MR) is 65.4 cm³/mol. The van der Waals surface area contributed by atoms with E-state index in [2.05, 4.69) is 42.4 Å². The van der Waals surface area contributed by atoms with Gasteiger partial charge in [0.05, 0.1) is 6.20 Å². The van der Waals surface area contributed by atoms with E-state index in [0.29, 0.717) is 12.1 Å². The number of nitrogens with one attached hydrogen (secondary N) is 1. The van der Waals surface area contributed by atoms with Crippen LogP contribution in [0, 0.1) is 0 Å². The molecule has 1 saturated heterocycles. The van der Waals surface area contributed by atoms with Gasteiger partial charge >= 0.3 is 0 Å². The van der Waals surface area contributed by atoms with Crippen LogP contribution in [0.25, 0.3) is 0 Å². The Hall–Kier alpha value is -0.870. The number of likely N-dealkylation sites (N-methyl/N-ethyl adjacent to an activating group) is 1. The first-order valence-electron chi connectivity index (χ1n) is 6.10. The van der Waals surface area contributed by atoms with Crippen LogP contribution < -0.4 is 5.32 Å². The fourth-order valence-corrected chi connectivity index (χ4v) is 2.11. The van der Waals surface area contributed by atoms with Crippen molar-refractivity contribution in [3.8, 4) is 0 Å². The lowest BCUT2D eigenvalue weighted by Crippen LogP contribution is -2.30. The van der Waals surface area contributed by atoms with E-state index in [9.17, 15) is 0 Å². The number of hydrogen-bond acceptors (Lipinski definition) is 3. The first-order valence-corrected chi connectivity index (χ1v) is 6.10. The predicted octanol–water partition coefficient (Wildman–Crippen LogP) is 1.26. The molecule has 2 rings (SSSR count). The molecule has 0 amide bonds. The fourth-order valence-electron chi connectivity index (χ4n) is 2.11. The van der Waals surface area contributed by atoms with E-state index in [0.717, 1.165) is 13.1 Å². The Bertz CT molecular complexity index is 332. The molecule has 1 aromatic heterocycles. The van der Waals surface area contributed by atoms with Gasteiger partial charge in [0.25, 0.3) is 0 Å². The molecule has 0 spiro atoms. The van der Waals surface area contributed by atoms with E-state index in [4.69, 9.17) is 0 Å². The van der Waals surface area contributed by atoms with Gasteiger partial charge in [-0.3, -0.25) is 4.68 Å². The zero-order valence-corrected chi connectivity index (χ0v) is 10.5. The third-order valence-electron chi connectivity index (χ3n) is 3.17. The molecular formula is C12H22N4. The first-order chi connectivity index (χ1) is 7.65. The summed E-state index contributed by atoms with van der Waals surface area (Å²) in [5.74, 6) is 0. The molecule has 0 bridgehead atoms. The van der Waals surface area contributed by atoms with E-state index in [1.54, 1.807) is 0 Å². The monoisotopic (exact) mass is 222 g/mol. The van der Waals surface area contributed by atoms with Crippen LogP contribution in [-0.4, -0.2) is 40.9 Å².